The van der Waals surface area contributed by atoms with E-state index in [0.29, 0.717) is 24.6 Å². The van der Waals surface area contributed by atoms with Crippen LogP contribution in [0.15, 0.2) is 53.3 Å². The minimum absolute atomic E-state index is 0.120. The highest BCUT2D eigenvalue weighted by Gasteiger charge is 2.12. The van der Waals surface area contributed by atoms with E-state index in [-0.39, 0.29) is 18.0 Å². The number of anilines is 1. The molecular weight excluding hydrogens is 330 g/mol. The van der Waals surface area contributed by atoms with Crippen LogP contribution >= 0.6 is 0 Å². The molecule has 0 atom stereocenters. The second-order valence-corrected chi connectivity index (χ2v) is 6.12. The van der Waals surface area contributed by atoms with E-state index in [0.717, 1.165) is 17.5 Å². The van der Waals surface area contributed by atoms with Crippen molar-refractivity contribution in [3.8, 4) is 5.75 Å². The van der Waals surface area contributed by atoms with Gasteiger partial charge in [-0.05, 0) is 30.7 Å². The summed E-state index contributed by atoms with van der Waals surface area (Å²) in [5, 5.41) is 2.88. The first-order chi connectivity index (χ1) is 12.6. The number of imidazole rings is 1. The van der Waals surface area contributed by atoms with Gasteiger partial charge in [-0.15, -0.1) is 0 Å². The van der Waals surface area contributed by atoms with Crippen molar-refractivity contribution in [3.63, 3.8) is 0 Å². The minimum atomic E-state index is -0.155. The molecule has 6 nitrogen and oxygen atoms in total. The second kappa shape index (κ2) is 7.91. The summed E-state index contributed by atoms with van der Waals surface area (Å²) in [6.07, 6.45) is 1.10. The van der Waals surface area contributed by atoms with Crippen molar-refractivity contribution in [2.45, 2.75) is 26.3 Å². The van der Waals surface area contributed by atoms with Crippen LogP contribution in [-0.2, 0) is 18.4 Å². The molecular formula is C20H23N3O3. The van der Waals surface area contributed by atoms with Gasteiger partial charge in [0.1, 0.15) is 5.75 Å². The molecule has 1 heterocycles. The molecule has 6 heteroatoms. The number of carbonyl (C=O) groups excluding carboxylic acids is 1. The smallest absolute Gasteiger partial charge is 0.328 e. The molecule has 0 saturated carbocycles. The molecule has 0 radical (unpaired) electrons. The highest BCUT2D eigenvalue weighted by molar-refractivity contribution is 5.92. The Morgan fingerprint density at radius 1 is 1.08 bits per heavy atom. The number of amides is 1. The van der Waals surface area contributed by atoms with Gasteiger partial charge < -0.3 is 10.1 Å². The SMILES string of the molecule is CCCOc1ccccc1NC(=O)CCn1c(=O)n(C)c2ccccc21. The van der Waals surface area contributed by atoms with Crippen molar-refractivity contribution >= 4 is 22.6 Å². The molecule has 0 saturated heterocycles. The number of ether oxygens (including phenoxy) is 1. The lowest BCUT2D eigenvalue weighted by atomic mass is 10.2. The normalized spacial score (nSPS) is 10.8. The topological polar surface area (TPSA) is 65.3 Å². The van der Waals surface area contributed by atoms with Crippen LogP contribution in [0.1, 0.15) is 19.8 Å². The zero-order valence-electron chi connectivity index (χ0n) is 15.1. The third-order valence-electron chi connectivity index (χ3n) is 4.24. The quantitative estimate of drug-likeness (QED) is 0.710. The molecule has 1 amide bonds. The molecule has 1 N–H and O–H groups in total. The lowest BCUT2D eigenvalue weighted by Gasteiger charge is -2.12. The zero-order chi connectivity index (χ0) is 18.5. The van der Waals surface area contributed by atoms with Gasteiger partial charge >= 0.3 is 5.69 Å². The number of para-hydroxylation sites is 4. The van der Waals surface area contributed by atoms with Gasteiger partial charge in [-0.2, -0.15) is 0 Å². The number of aromatic nitrogens is 2. The number of aryl methyl sites for hydroxylation is 2. The van der Waals surface area contributed by atoms with Crippen LogP contribution < -0.4 is 15.7 Å². The van der Waals surface area contributed by atoms with Crippen LogP contribution in [0.2, 0.25) is 0 Å². The van der Waals surface area contributed by atoms with Crippen LogP contribution in [-0.4, -0.2) is 21.6 Å². The van der Waals surface area contributed by atoms with E-state index in [1.807, 2.05) is 55.5 Å². The first-order valence-corrected chi connectivity index (χ1v) is 8.77. The molecule has 0 aliphatic heterocycles. The van der Waals surface area contributed by atoms with Crippen molar-refractivity contribution in [1.82, 2.24) is 9.13 Å². The minimum Gasteiger partial charge on any atom is -0.491 e. The number of hydrogen-bond acceptors (Lipinski definition) is 3. The van der Waals surface area contributed by atoms with E-state index in [2.05, 4.69) is 5.32 Å². The maximum atomic E-state index is 12.4. The molecule has 0 spiro atoms. The Kier molecular flexibility index (Phi) is 5.41. The number of carbonyl (C=O) groups is 1. The summed E-state index contributed by atoms with van der Waals surface area (Å²) < 4.78 is 8.89. The number of nitrogens with zero attached hydrogens (tertiary/aromatic N) is 2. The summed E-state index contributed by atoms with van der Waals surface area (Å²) in [4.78, 5) is 24.8. The van der Waals surface area contributed by atoms with Gasteiger partial charge in [0, 0.05) is 20.0 Å². The number of benzene rings is 2. The van der Waals surface area contributed by atoms with Crippen LogP contribution in [0.25, 0.3) is 11.0 Å². The molecule has 0 aliphatic rings. The van der Waals surface area contributed by atoms with Gasteiger partial charge in [0.05, 0.1) is 23.3 Å². The molecule has 0 aliphatic carbocycles. The van der Waals surface area contributed by atoms with E-state index in [9.17, 15) is 9.59 Å². The Hall–Kier alpha value is -3.02. The predicted molar refractivity (Wildman–Crippen MR) is 103 cm³/mol. The predicted octanol–water partition coefficient (Wildman–Crippen LogP) is 3.16. The first kappa shape index (κ1) is 17.8. The van der Waals surface area contributed by atoms with E-state index >= 15 is 0 Å². The van der Waals surface area contributed by atoms with Crippen molar-refractivity contribution in [2.75, 3.05) is 11.9 Å². The van der Waals surface area contributed by atoms with Gasteiger partial charge in [-0.1, -0.05) is 31.2 Å². The fourth-order valence-corrected chi connectivity index (χ4v) is 2.91. The van der Waals surface area contributed by atoms with Crippen LogP contribution in [0.3, 0.4) is 0 Å². The van der Waals surface area contributed by atoms with E-state index in [1.165, 1.54) is 0 Å². The second-order valence-electron chi connectivity index (χ2n) is 6.12. The Labute approximate surface area is 152 Å². The number of hydrogen-bond donors (Lipinski definition) is 1. The monoisotopic (exact) mass is 353 g/mol. The molecule has 1 aromatic heterocycles. The summed E-state index contributed by atoms with van der Waals surface area (Å²) in [5.74, 6) is 0.502. The molecule has 3 aromatic rings. The summed E-state index contributed by atoms with van der Waals surface area (Å²) in [7, 11) is 1.74. The highest BCUT2D eigenvalue weighted by atomic mass is 16.5. The summed E-state index contributed by atoms with van der Waals surface area (Å²) in [6.45, 7) is 2.95. The number of nitrogens with one attached hydrogen (secondary N) is 1. The third-order valence-corrected chi connectivity index (χ3v) is 4.24. The summed E-state index contributed by atoms with van der Waals surface area (Å²) >= 11 is 0. The average molecular weight is 353 g/mol. The van der Waals surface area contributed by atoms with Crippen LogP contribution in [0, 0.1) is 0 Å². The fraction of sp³-hybridized carbons (Fsp3) is 0.300. The van der Waals surface area contributed by atoms with Gasteiger partial charge in [-0.3, -0.25) is 13.9 Å². The van der Waals surface area contributed by atoms with Crippen molar-refractivity contribution < 1.29 is 9.53 Å². The third kappa shape index (κ3) is 3.64. The van der Waals surface area contributed by atoms with Crippen LogP contribution in [0.4, 0.5) is 5.69 Å². The molecule has 3 rings (SSSR count). The van der Waals surface area contributed by atoms with Crippen LogP contribution in [0.5, 0.6) is 5.75 Å². The van der Waals surface area contributed by atoms with Gasteiger partial charge in [0.15, 0.2) is 0 Å². The number of rotatable bonds is 7. The molecule has 0 unspecified atom stereocenters. The summed E-state index contributed by atoms with van der Waals surface area (Å²) in [6, 6.07) is 14.9. The van der Waals surface area contributed by atoms with Gasteiger partial charge in [0.25, 0.3) is 0 Å². The fourth-order valence-electron chi connectivity index (χ4n) is 2.91. The van der Waals surface area contributed by atoms with E-state index in [4.69, 9.17) is 4.74 Å². The Balaban J connectivity index is 1.71. The van der Waals surface area contributed by atoms with Gasteiger partial charge in [-0.25, -0.2) is 4.79 Å². The maximum absolute atomic E-state index is 12.4. The standard InChI is InChI=1S/C20H23N3O3/c1-3-14-26-18-11-7-4-8-15(18)21-19(24)12-13-23-17-10-6-5-9-16(17)22(2)20(23)25/h4-11H,3,12-14H2,1-2H3,(H,21,24). The highest BCUT2D eigenvalue weighted by Crippen LogP contribution is 2.24. The Morgan fingerprint density at radius 3 is 2.54 bits per heavy atom. The zero-order valence-corrected chi connectivity index (χ0v) is 15.1. The molecule has 136 valence electrons. The average Bonchev–Trinajstić information content (AvgIpc) is 2.90. The molecule has 0 bridgehead atoms. The van der Waals surface area contributed by atoms with E-state index in [1.54, 1.807) is 16.2 Å². The van der Waals surface area contributed by atoms with Crippen molar-refractivity contribution in [1.29, 1.82) is 0 Å². The van der Waals surface area contributed by atoms with Crippen molar-refractivity contribution in [3.05, 3.63) is 59.0 Å². The molecule has 0 fully saturated rings. The maximum Gasteiger partial charge on any atom is 0.328 e. The lowest BCUT2D eigenvalue weighted by Crippen LogP contribution is -2.24. The lowest BCUT2D eigenvalue weighted by molar-refractivity contribution is -0.116. The largest absolute Gasteiger partial charge is 0.491 e. The molecule has 26 heavy (non-hydrogen) atoms. The van der Waals surface area contributed by atoms with E-state index < -0.39 is 0 Å². The Morgan fingerprint density at radius 2 is 1.77 bits per heavy atom. The Bertz CT molecular complexity index is 972. The summed E-state index contributed by atoms with van der Waals surface area (Å²) in [5.41, 5.74) is 2.22. The van der Waals surface area contributed by atoms with Crippen molar-refractivity contribution in [2.24, 2.45) is 7.05 Å². The molecule has 2 aromatic carbocycles. The van der Waals surface area contributed by atoms with Gasteiger partial charge in [0.2, 0.25) is 5.91 Å². The first-order valence-electron chi connectivity index (χ1n) is 8.77. The number of fused-ring (bicyclic) bond motifs is 1.